The second-order valence-electron chi connectivity index (χ2n) is 4.47. The Morgan fingerprint density at radius 2 is 2.25 bits per heavy atom. The summed E-state index contributed by atoms with van der Waals surface area (Å²) >= 11 is 5.59. The number of rotatable bonds is 4. The van der Waals surface area contributed by atoms with Crippen molar-refractivity contribution >= 4 is 34.9 Å². The van der Waals surface area contributed by atoms with Crippen molar-refractivity contribution in [3.8, 4) is 0 Å². The van der Waals surface area contributed by atoms with E-state index in [2.05, 4.69) is 5.10 Å². The highest BCUT2D eigenvalue weighted by atomic mass is 35.5. The molecule has 1 aliphatic heterocycles. The molecular weight excluding hydrogens is 287 g/mol. The van der Waals surface area contributed by atoms with Crippen molar-refractivity contribution in [3.63, 3.8) is 0 Å². The molecule has 1 unspecified atom stereocenters. The van der Waals surface area contributed by atoms with Crippen LogP contribution < -0.4 is 5.01 Å². The Bertz CT molecular complexity index is 603. The Labute approximate surface area is 119 Å². The summed E-state index contributed by atoms with van der Waals surface area (Å²) in [6, 6.07) is 3.95. The summed E-state index contributed by atoms with van der Waals surface area (Å²) in [6.07, 6.45) is 0.0577. The van der Waals surface area contributed by atoms with Gasteiger partial charge in [0.2, 0.25) is 0 Å². The summed E-state index contributed by atoms with van der Waals surface area (Å²) < 4.78 is 13.4. The van der Waals surface area contributed by atoms with Gasteiger partial charge in [0.05, 0.1) is 16.6 Å². The lowest BCUT2D eigenvalue weighted by Crippen LogP contribution is -2.27. The van der Waals surface area contributed by atoms with Gasteiger partial charge in [-0.15, -0.1) is 0 Å². The minimum atomic E-state index is -0.971. The topological polar surface area (TPSA) is 70.0 Å². The molecule has 1 heterocycles. The lowest BCUT2D eigenvalue weighted by molar-refractivity contribution is -0.137. The highest BCUT2D eigenvalue weighted by molar-refractivity contribution is 6.30. The highest BCUT2D eigenvalue weighted by Crippen LogP contribution is 2.28. The molecule has 1 amide bonds. The Balaban J connectivity index is 2.20. The van der Waals surface area contributed by atoms with Gasteiger partial charge in [-0.25, -0.2) is 9.40 Å². The number of carboxylic acids is 1. The van der Waals surface area contributed by atoms with Gasteiger partial charge in [-0.05, 0) is 25.5 Å². The van der Waals surface area contributed by atoms with E-state index in [9.17, 15) is 14.0 Å². The fourth-order valence-electron chi connectivity index (χ4n) is 2.00. The number of carboxylic acid groups (broad SMARTS) is 1. The van der Waals surface area contributed by atoms with E-state index in [0.717, 1.165) is 11.1 Å². The zero-order chi connectivity index (χ0) is 14.9. The number of carbonyl (C=O) groups is 2. The van der Waals surface area contributed by atoms with Gasteiger partial charge < -0.3 is 5.11 Å². The van der Waals surface area contributed by atoms with Gasteiger partial charge in [-0.1, -0.05) is 11.6 Å². The van der Waals surface area contributed by atoms with E-state index >= 15 is 0 Å². The van der Waals surface area contributed by atoms with Crippen LogP contribution in [0.3, 0.4) is 0 Å². The van der Waals surface area contributed by atoms with Gasteiger partial charge >= 0.3 is 5.97 Å². The lowest BCUT2D eigenvalue weighted by atomic mass is 9.98. The molecule has 1 atom stereocenters. The average molecular weight is 299 g/mol. The van der Waals surface area contributed by atoms with E-state index in [1.807, 2.05) is 0 Å². The van der Waals surface area contributed by atoms with Gasteiger partial charge in [0.25, 0.3) is 5.91 Å². The molecule has 7 heteroatoms. The van der Waals surface area contributed by atoms with E-state index in [1.54, 1.807) is 6.92 Å². The van der Waals surface area contributed by atoms with E-state index < -0.39 is 17.7 Å². The molecule has 0 saturated heterocycles. The third kappa shape index (κ3) is 2.80. The molecule has 0 fully saturated rings. The summed E-state index contributed by atoms with van der Waals surface area (Å²) in [6.45, 7) is 1.65. The van der Waals surface area contributed by atoms with Crippen LogP contribution in [0.25, 0.3) is 0 Å². The highest BCUT2D eigenvalue weighted by Gasteiger charge is 2.34. The Morgan fingerprint density at radius 1 is 1.55 bits per heavy atom. The monoisotopic (exact) mass is 298 g/mol. The standard InChI is InChI=1S/C13H12ClFN2O3/c1-7-9(3-5-12(18)19)13(20)17(16-7)8-2-4-10(14)11(15)6-8/h2,4,6,9H,3,5H2,1H3,(H,18,19). The molecule has 2 rings (SSSR count). The van der Waals surface area contributed by atoms with E-state index in [-0.39, 0.29) is 29.5 Å². The summed E-state index contributed by atoms with van der Waals surface area (Å²) in [7, 11) is 0. The van der Waals surface area contributed by atoms with Crippen LogP contribution in [-0.4, -0.2) is 22.7 Å². The number of amides is 1. The SMILES string of the molecule is CC1=NN(c2ccc(Cl)c(F)c2)C(=O)C1CCC(=O)O. The fourth-order valence-corrected chi connectivity index (χ4v) is 2.12. The van der Waals surface area contributed by atoms with Crippen molar-refractivity contribution in [2.24, 2.45) is 11.0 Å². The molecule has 1 aliphatic rings. The second-order valence-corrected chi connectivity index (χ2v) is 4.88. The number of hydrazone groups is 1. The molecule has 0 bridgehead atoms. The largest absolute Gasteiger partial charge is 0.481 e. The number of hydrogen-bond acceptors (Lipinski definition) is 3. The molecule has 0 aliphatic carbocycles. The van der Waals surface area contributed by atoms with Gasteiger partial charge in [0.15, 0.2) is 0 Å². The van der Waals surface area contributed by atoms with Gasteiger partial charge in [0.1, 0.15) is 5.82 Å². The van der Waals surface area contributed by atoms with Crippen LogP contribution in [0.2, 0.25) is 5.02 Å². The second kappa shape index (κ2) is 5.58. The zero-order valence-electron chi connectivity index (χ0n) is 10.6. The van der Waals surface area contributed by atoms with Crippen LogP contribution in [-0.2, 0) is 9.59 Å². The number of carbonyl (C=O) groups excluding carboxylic acids is 1. The summed E-state index contributed by atoms with van der Waals surface area (Å²) in [4.78, 5) is 22.8. The van der Waals surface area contributed by atoms with Crippen LogP contribution in [0.15, 0.2) is 23.3 Å². The van der Waals surface area contributed by atoms with E-state index in [0.29, 0.717) is 5.71 Å². The van der Waals surface area contributed by atoms with Crippen LogP contribution in [0.4, 0.5) is 10.1 Å². The van der Waals surface area contributed by atoms with Gasteiger partial charge in [-0.3, -0.25) is 9.59 Å². The molecule has 0 radical (unpaired) electrons. The number of halogens is 2. The third-order valence-corrected chi connectivity index (χ3v) is 3.37. The maximum absolute atomic E-state index is 13.4. The maximum Gasteiger partial charge on any atom is 0.303 e. The number of aliphatic carboxylic acids is 1. The van der Waals surface area contributed by atoms with Gasteiger partial charge in [-0.2, -0.15) is 5.10 Å². The van der Waals surface area contributed by atoms with E-state index in [1.165, 1.54) is 12.1 Å². The van der Waals surface area contributed by atoms with Crippen LogP contribution >= 0.6 is 11.6 Å². The molecule has 20 heavy (non-hydrogen) atoms. The van der Waals surface area contributed by atoms with Crippen molar-refractivity contribution in [1.82, 2.24) is 0 Å². The molecule has 0 spiro atoms. The molecule has 0 aromatic heterocycles. The Morgan fingerprint density at radius 3 is 2.85 bits per heavy atom. The summed E-state index contributed by atoms with van der Waals surface area (Å²) in [5, 5.41) is 13.8. The number of nitrogens with zero attached hydrogens (tertiary/aromatic N) is 2. The number of benzene rings is 1. The maximum atomic E-state index is 13.4. The van der Waals surface area contributed by atoms with Crippen LogP contribution in [0.5, 0.6) is 0 Å². The van der Waals surface area contributed by atoms with Crippen LogP contribution in [0, 0.1) is 11.7 Å². The minimum absolute atomic E-state index is 0.0384. The predicted octanol–water partition coefficient (Wildman–Crippen LogP) is 2.68. The average Bonchev–Trinajstić information content (AvgIpc) is 2.66. The Hall–Kier alpha value is -1.95. The molecule has 5 nitrogen and oxygen atoms in total. The van der Waals surface area contributed by atoms with Crippen LogP contribution in [0.1, 0.15) is 19.8 Å². The third-order valence-electron chi connectivity index (χ3n) is 3.06. The molecule has 106 valence electrons. The lowest BCUT2D eigenvalue weighted by Gasteiger charge is -2.14. The Kier molecular flexibility index (Phi) is 4.04. The van der Waals surface area contributed by atoms with Crippen molar-refractivity contribution in [1.29, 1.82) is 0 Å². The first-order valence-electron chi connectivity index (χ1n) is 5.96. The first kappa shape index (κ1) is 14.5. The van der Waals surface area contributed by atoms with E-state index in [4.69, 9.17) is 16.7 Å². The molecule has 1 aromatic carbocycles. The molecular formula is C13H12ClFN2O3. The normalized spacial score (nSPS) is 18.4. The molecule has 1 N–H and O–H groups in total. The predicted molar refractivity (Wildman–Crippen MR) is 72.4 cm³/mol. The number of anilines is 1. The van der Waals surface area contributed by atoms with Crippen molar-refractivity contribution in [2.75, 3.05) is 5.01 Å². The summed E-state index contributed by atoms with van der Waals surface area (Å²) in [5.74, 6) is -2.55. The van der Waals surface area contributed by atoms with Gasteiger partial charge in [0, 0.05) is 18.2 Å². The summed E-state index contributed by atoms with van der Waals surface area (Å²) in [5.41, 5.74) is 0.792. The molecule has 0 saturated carbocycles. The first-order valence-corrected chi connectivity index (χ1v) is 6.34. The first-order chi connectivity index (χ1) is 9.40. The molecule has 1 aromatic rings. The van der Waals surface area contributed by atoms with Crippen molar-refractivity contribution < 1.29 is 19.1 Å². The van der Waals surface area contributed by atoms with Crippen molar-refractivity contribution in [3.05, 3.63) is 29.0 Å². The quantitative estimate of drug-likeness (QED) is 0.929. The minimum Gasteiger partial charge on any atom is -0.481 e. The zero-order valence-corrected chi connectivity index (χ0v) is 11.4. The smallest absolute Gasteiger partial charge is 0.303 e. The number of hydrogen-bond donors (Lipinski definition) is 1. The van der Waals surface area contributed by atoms with Crippen molar-refractivity contribution in [2.45, 2.75) is 19.8 Å². The fraction of sp³-hybridized carbons (Fsp3) is 0.308.